The highest BCUT2D eigenvalue weighted by Crippen LogP contribution is 2.25. The molecule has 0 saturated heterocycles. The molecule has 7 heteroatoms. The lowest BCUT2D eigenvalue weighted by molar-refractivity contribution is -0.150. The number of carbonyl (C=O) groups excluding carboxylic acids is 2. The van der Waals surface area contributed by atoms with Crippen LogP contribution in [-0.2, 0) is 14.3 Å². The van der Waals surface area contributed by atoms with Gasteiger partial charge in [0.1, 0.15) is 11.6 Å². The first-order valence-corrected chi connectivity index (χ1v) is 7.74. The van der Waals surface area contributed by atoms with Crippen LogP contribution in [0.1, 0.15) is 26.7 Å². The fraction of sp³-hybridized carbons (Fsp3) is 0.467. The molecule has 0 aliphatic heterocycles. The summed E-state index contributed by atoms with van der Waals surface area (Å²) in [6, 6.07) is 3.88. The Morgan fingerprint density at radius 1 is 1.36 bits per heavy atom. The van der Waals surface area contributed by atoms with Crippen molar-refractivity contribution in [3.05, 3.63) is 28.5 Å². The molecule has 1 atom stereocenters. The molecule has 0 heterocycles. The van der Waals surface area contributed by atoms with Gasteiger partial charge in [-0.05, 0) is 47.5 Å². The molecular formula is C15H19BrFNO4. The van der Waals surface area contributed by atoms with Gasteiger partial charge in [-0.3, -0.25) is 4.79 Å². The largest absolute Gasteiger partial charge is 0.481 e. The summed E-state index contributed by atoms with van der Waals surface area (Å²) in [5.74, 6) is -1.12. The van der Waals surface area contributed by atoms with Crippen molar-refractivity contribution in [2.45, 2.75) is 32.7 Å². The molecule has 1 aromatic carbocycles. The molecule has 122 valence electrons. The molecule has 0 saturated carbocycles. The zero-order valence-electron chi connectivity index (χ0n) is 12.5. The summed E-state index contributed by atoms with van der Waals surface area (Å²) in [5.41, 5.74) is 0. The lowest BCUT2D eigenvalue weighted by Crippen LogP contribution is -2.36. The summed E-state index contributed by atoms with van der Waals surface area (Å²) < 4.78 is 23.3. The Hall–Kier alpha value is -1.63. The van der Waals surface area contributed by atoms with E-state index in [-0.39, 0.29) is 25.2 Å². The van der Waals surface area contributed by atoms with Gasteiger partial charge >= 0.3 is 5.97 Å². The molecule has 1 rings (SSSR count). The monoisotopic (exact) mass is 375 g/mol. The maximum atomic E-state index is 12.9. The van der Waals surface area contributed by atoms with E-state index in [4.69, 9.17) is 9.47 Å². The van der Waals surface area contributed by atoms with Crippen LogP contribution in [0, 0.1) is 5.82 Å². The first kappa shape index (κ1) is 18.4. The average molecular weight is 376 g/mol. The van der Waals surface area contributed by atoms with Crippen LogP contribution in [0.4, 0.5) is 4.39 Å². The number of ether oxygens (including phenoxy) is 2. The van der Waals surface area contributed by atoms with Crippen LogP contribution in [0.25, 0.3) is 0 Å². The minimum atomic E-state index is -0.672. The van der Waals surface area contributed by atoms with Gasteiger partial charge in [0.05, 0.1) is 4.47 Å². The molecular weight excluding hydrogens is 357 g/mol. The van der Waals surface area contributed by atoms with E-state index in [1.165, 1.54) is 18.2 Å². The van der Waals surface area contributed by atoms with Gasteiger partial charge < -0.3 is 14.8 Å². The minimum Gasteiger partial charge on any atom is -0.481 e. The van der Waals surface area contributed by atoms with Gasteiger partial charge in [0.25, 0.3) is 5.91 Å². The first-order chi connectivity index (χ1) is 10.4. The maximum absolute atomic E-state index is 12.9. The molecule has 0 aliphatic carbocycles. The smallest absolute Gasteiger partial charge is 0.344 e. The predicted octanol–water partition coefficient (Wildman–Crippen LogP) is 2.82. The van der Waals surface area contributed by atoms with Crippen LogP contribution < -0.4 is 10.1 Å². The Bertz CT molecular complexity index is 524. The van der Waals surface area contributed by atoms with Crippen molar-refractivity contribution < 1.29 is 23.5 Å². The second-order valence-electron chi connectivity index (χ2n) is 4.78. The number of hydrogen-bond acceptors (Lipinski definition) is 4. The van der Waals surface area contributed by atoms with E-state index < -0.39 is 11.8 Å². The highest BCUT2D eigenvalue weighted by Gasteiger charge is 2.11. The second kappa shape index (κ2) is 9.40. The van der Waals surface area contributed by atoms with Crippen LogP contribution in [0.3, 0.4) is 0 Å². The van der Waals surface area contributed by atoms with Gasteiger partial charge in [0, 0.05) is 6.04 Å². The van der Waals surface area contributed by atoms with Crippen LogP contribution in [-0.4, -0.2) is 31.1 Å². The Labute approximate surface area is 137 Å². The van der Waals surface area contributed by atoms with Crippen molar-refractivity contribution in [2.75, 3.05) is 13.2 Å². The number of rotatable bonds is 8. The third kappa shape index (κ3) is 6.89. The number of nitrogens with one attached hydrogen (secondary N) is 1. The average Bonchev–Trinajstić information content (AvgIpc) is 2.44. The number of benzene rings is 1. The van der Waals surface area contributed by atoms with E-state index >= 15 is 0 Å². The molecule has 0 aromatic heterocycles. The van der Waals surface area contributed by atoms with Gasteiger partial charge in [-0.25, -0.2) is 9.18 Å². The predicted molar refractivity (Wildman–Crippen MR) is 83.1 cm³/mol. The number of amides is 1. The molecule has 1 aromatic rings. The molecule has 0 bridgehead atoms. The van der Waals surface area contributed by atoms with Crippen LogP contribution >= 0.6 is 15.9 Å². The fourth-order valence-electron chi connectivity index (χ4n) is 1.74. The summed E-state index contributed by atoms with van der Waals surface area (Å²) in [4.78, 5) is 23.0. The molecule has 0 unspecified atom stereocenters. The number of halogens is 2. The standard InChI is InChI=1S/C15H19BrFNO4/c1-3-4-10(2)18-14(19)8-22-15(20)9-21-13-6-5-11(17)7-12(13)16/h5-7,10H,3-4,8-9H2,1-2H3,(H,18,19)/t10-/m0/s1. The first-order valence-electron chi connectivity index (χ1n) is 6.95. The van der Waals surface area contributed by atoms with Crippen molar-refractivity contribution in [1.82, 2.24) is 5.32 Å². The van der Waals surface area contributed by atoms with E-state index in [0.29, 0.717) is 10.2 Å². The number of hydrogen-bond donors (Lipinski definition) is 1. The maximum Gasteiger partial charge on any atom is 0.344 e. The topological polar surface area (TPSA) is 64.6 Å². The Morgan fingerprint density at radius 3 is 2.73 bits per heavy atom. The molecule has 0 fully saturated rings. The third-order valence-corrected chi connectivity index (χ3v) is 3.35. The number of carbonyl (C=O) groups is 2. The van der Waals surface area contributed by atoms with Gasteiger partial charge in [-0.15, -0.1) is 0 Å². The molecule has 0 aliphatic rings. The summed E-state index contributed by atoms with van der Waals surface area (Å²) in [5, 5.41) is 2.72. The quantitative estimate of drug-likeness (QED) is 0.709. The SMILES string of the molecule is CCC[C@H](C)NC(=O)COC(=O)COc1ccc(F)cc1Br. The number of esters is 1. The molecule has 1 N–H and O–H groups in total. The molecule has 0 radical (unpaired) electrons. The van der Waals surface area contributed by atoms with E-state index in [9.17, 15) is 14.0 Å². The van der Waals surface area contributed by atoms with Crippen LogP contribution in [0.5, 0.6) is 5.75 Å². The van der Waals surface area contributed by atoms with Gasteiger partial charge in [0.2, 0.25) is 0 Å². The van der Waals surface area contributed by atoms with E-state index in [1.54, 1.807) is 0 Å². The van der Waals surface area contributed by atoms with Gasteiger partial charge in [0.15, 0.2) is 13.2 Å². The van der Waals surface area contributed by atoms with Crippen LogP contribution in [0.15, 0.2) is 22.7 Å². The highest BCUT2D eigenvalue weighted by molar-refractivity contribution is 9.10. The zero-order chi connectivity index (χ0) is 16.5. The second-order valence-corrected chi connectivity index (χ2v) is 5.64. The van der Waals surface area contributed by atoms with Crippen molar-refractivity contribution in [1.29, 1.82) is 0 Å². The Balaban J connectivity index is 2.30. The minimum absolute atomic E-state index is 0.0441. The Kier molecular flexibility index (Phi) is 7.87. The van der Waals surface area contributed by atoms with Crippen molar-refractivity contribution in [2.24, 2.45) is 0 Å². The van der Waals surface area contributed by atoms with E-state index in [0.717, 1.165) is 12.8 Å². The van der Waals surface area contributed by atoms with Gasteiger partial charge in [-0.2, -0.15) is 0 Å². The van der Waals surface area contributed by atoms with Gasteiger partial charge in [-0.1, -0.05) is 13.3 Å². The summed E-state index contributed by atoms with van der Waals surface area (Å²) in [6.45, 7) is 3.20. The highest BCUT2D eigenvalue weighted by atomic mass is 79.9. The van der Waals surface area contributed by atoms with Crippen LogP contribution in [0.2, 0.25) is 0 Å². The molecule has 0 spiro atoms. The van der Waals surface area contributed by atoms with Crippen molar-refractivity contribution >= 4 is 27.8 Å². The Morgan fingerprint density at radius 2 is 2.09 bits per heavy atom. The van der Waals surface area contributed by atoms with Crippen molar-refractivity contribution in [3.8, 4) is 5.75 Å². The fourth-order valence-corrected chi connectivity index (χ4v) is 2.20. The molecule has 22 heavy (non-hydrogen) atoms. The summed E-state index contributed by atoms with van der Waals surface area (Å²) in [7, 11) is 0. The molecule has 5 nitrogen and oxygen atoms in total. The third-order valence-electron chi connectivity index (χ3n) is 2.73. The lowest BCUT2D eigenvalue weighted by Gasteiger charge is -2.13. The van der Waals surface area contributed by atoms with E-state index in [2.05, 4.69) is 21.2 Å². The zero-order valence-corrected chi connectivity index (χ0v) is 14.1. The summed E-state index contributed by atoms with van der Waals surface area (Å²) >= 11 is 3.12. The molecule has 1 amide bonds. The normalized spacial score (nSPS) is 11.6. The van der Waals surface area contributed by atoms with E-state index in [1.807, 2.05) is 13.8 Å². The summed E-state index contributed by atoms with van der Waals surface area (Å²) in [6.07, 6.45) is 1.82. The van der Waals surface area contributed by atoms with Crippen molar-refractivity contribution in [3.63, 3.8) is 0 Å². The lowest BCUT2D eigenvalue weighted by atomic mass is 10.2.